The Bertz CT molecular complexity index is 496. The number of esters is 1. The van der Waals surface area contributed by atoms with E-state index in [0.717, 1.165) is 17.2 Å². The van der Waals surface area contributed by atoms with Gasteiger partial charge < -0.3 is 9.64 Å². The number of ether oxygens (including phenoxy) is 1. The van der Waals surface area contributed by atoms with E-state index >= 15 is 0 Å². The molecule has 2 fully saturated rings. The second-order valence-electron chi connectivity index (χ2n) is 6.01. The normalized spacial score (nSPS) is 34.7. The molecule has 2 saturated heterocycles. The highest BCUT2D eigenvalue weighted by atomic mass is 32.2. The molecule has 0 spiro atoms. The number of fused-ring (bicyclic) bond motifs is 1. The summed E-state index contributed by atoms with van der Waals surface area (Å²) < 4.78 is 4.80. The Balaban J connectivity index is 1.64. The largest absolute Gasteiger partial charge is 0.468 e. The van der Waals surface area contributed by atoms with Crippen LogP contribution in [0.4, 0.5) is 0 Å². The molecular weight excluding hydrogens is 304 g/mol. The Kier molecular flexibility index (Phi) is 4.54. The van der Waals surface area contributed by atoms with E-state index in [1.54, 1.807) is 11.8 Å². The first kappa shape index (κ1) is 15.6. The van der Waals surface area contributed by atoms with E-state index in [1.807, 2.05) is 12.2 Å². The third kappa shape index (κ3) is 2.79. The van der Waals surface area contributed by atoms with Gasteiger partial charge in [0.1, 0.15) is 6.54 Å². The fourth-order valence-electron chi connectivity index (χ4n) is 3.44. The van der Waals surface area contributed by atoms with Crippen molar-refractivity contribution in [1.82, 2.24) is 4.90 Å². The lowest BCUT2D eigenvalue weighted by Gasteiger charge is -2.30. The lowest BCUT2D eigenvalue weighted by atomic mass is 9.85. The summed E-state index contributed by atoms with van der Waals surface area (Å²) in [5.74, 6) is 0.179. The van der Waals surface area contributed by atoms with Gasteiger partial charge in [-0.25, -0.2) is 4.90 Å². The number of nitrogens with zero attached hydrogens (tertiary/aromatic N) is 1. The summed E-state index contributed by atoms with van der Waals surface area (Å²) in [6.07, 6.45) is 5.32. The zero-order valence-corrected chi connectivity index (χ0v) is 13.4. The monoisotopic (exact) mass is 325 g/mol. The van der Waals surface area contributed by atoms with Crippen molar-refractivity contribution in [3.63, 3.8) is 0 Å². The molecule has 0 aromatic rings. The van der Waals surface area contributed by atoms with Crippen LogP contribution in [0.15, 0.2) is 12.2 Å². The molecule has 7 heteroatoms. The number of imide groups is 1. The van der Waals surface area contributed by atoms with E-state index in [0.29, 0.717) is 26.1 Å². The first-order chi connectivity index (χ1) is 10.6. The van der Waals surface area contributed by atoms with Crippen LogP contribution in [0.2, 0.25) is 0 Å². The number of nitrogens with one attached hydrogen (secondary N) is 1. The number of carbonyl (C=O) groups excluding carboxylic acids is 3. The Labute approximate surface area is 133 Å². The van der Waals surface area contributed by atoms with Gasteiger partial charge in [-0.1, -0.05) is 12.2 Å². The third-order valence-corrected chi connectivity index (χ3v) is 5.89. The van der Waals surface area contributed by atoms with Crippen molar-refractivity contribution >= 4 is 29.5 Å². The summed E-state index contributed by atoms with van der Waals surface area (Å²) in [5.41, 5.74) is 0. The van der Waals surface area contributed by atoms with Gasteiger partial charge in [-0.2, -0.15) is 0 Å². The van der Waals surface area contributed by atoms with Crippen LogP contribution in [0.3, 0.4) is 0 Å². The van der Waals surface area contributed by atoms with Crippen molar-refractivity contribution in [2.45, 2.75) is 18.1 Å². The van der Waals surface area contributed by atoms with Gasteiger partial charge in [0.2, 0.25) is 11.8 Å². The van der Waals surface area contributed by atoms with Crippen LogP contribution in [-0.2, 0) is 19.1 Å². The number of methoxy groups -OCH3 is 1. The van der Waals surface area contributed by atoms with E-state index in [2.05, 4.69) is 0 Å². The van der Waals surface area contributed by atoms with Crippen molar-refractivity contribution < 1.29 is 24.0 Å². The molecular formula is C15H21N2O4S+. The number of thioether (sulfide) groups is 1. The number of hydrogen-bond acceptors (Lipinski definition) is 5. The highest BCUT2D eigenvalue weighted by Gasteiger charge is 2.48. The fourth-order valence-corrected chi connectivity index (χ4v) is 4.72. The molecule has 2 aliphatic heterocycles. The summed E-state index contributed by atoms with van der Waals surface area (Å²) in [5, 5.41) is -0.203. The number of quaternary nitrogens is 1. The topological polar surface area (TPSA) is 68.1 Å². The summed E-state index contributed by atoms with van der Waals surface area (Å²) in [7, 11) is 1.39. The average Bonchev–Trinajstić information content (AvgIpc) is 2.80. The predicted octanol–water partition coefficient (Wildman–Crippen LogP) is -0.932. The molecule has 1 unspecified atom stereocenters. The molecule has 1 aliphatic carbocycles. The van der Waals surface area contributed by atoms with Crippen LogP contribution in [0.5, 0.6) is 0 Å². The molecule has 0 bridgehead atoms. The molecule has 120 valence electrons. The lowest BCUT2D eigenvalue weighted by Crippen LogP contribution is -3.16. The Morgan fingerprint density at radius 3 is 2.55 bits per heavy atom. The Morgan fingerprint density at radius 1 is 1.32 bits per heavy atom. The second kappa shape index (κ2) is 6.42. The van der Waals surface area contributed by atoms with Gasteiger partial charge in [0.05, 0.1) is 25.5 Å². The lowest BCUT2D eigenvalue weighted by molar-refractivity contribution is -0.905. The molecule has 3 rings (SSSR count). The summed E-state index contributed by atoms with van der Waals surface area (Å²) in [4.78, 5) is 39.1. The Hall–Kier alpha value is -1.34. The van der Waals surface area contributed by atoms with E-state index in [1.165, 1.54) is 12.0 Å². The molecule has 0 aromatic heterocycles. The standard InChI is InChI=1S/C15H20N2O4S/c1-21-15(20)12-8-16(6-7-22-12)9-17-13(18)10-4-2-3-5-11(10)14(17)19/h2-3,10-12H,4-9H2,1H3/p+1/t10-,11+,12-/m1/s1. The highest BCUT2D eigenvalue weighted by molar-refractivity contribution is 8.00. The molecule has 0 saturated carbocycles. The minimum absolute atomic E-state index is 0.0419. The van der Waals surface area contributed by atoms with Crippen LogP contribution >= 0.6 is 11.8 Å². The highest BCUT2D eigenvalue weighted by Crippen LogP contribution is 2.34. The SMILES string of the molecule is COC(=O)[C@H]1C[NH+](CN2C(=O)[C@H]3CC=CC[C@H]3C2=O)CCS1. The van der Waals surface area contributed by atoms with E-state index in [-0.39, 0.29) is 34.9 Å². The number of rotatable bonds is 3. The predicted molar refractivity (Wildman–Crippen MR) is 81.0 cm³/mol. The number of amides is 2. The minimum atomic E-state index is -0.223. The molecule has 0 aromatic carbocycles. The quantitative estimate of drug-likeness (QED) is 0.412. The molecule has 2 heterocycles. The number of likely N-dealkylation sites (tertiary alicyclic amines) is 1. The van der Waals surface area contributed by atoms with Crippen LogP contribution < -0.4 is 4.90 Å². The van der Waals surface area contributed by atoms with Crippen molar-refractivity contribution in [3.05, 3.63) is 12.2 Å². The maximum Gasteiger partial charge on any atom is 0.324 e. The molecule has 1 N–H and O–H groups in total. The Morgan fingerprint density at radius 2 is 1.95 bits per heavy atom. The summed E-state index contributed by atoms with van der Waals surface area (Å²) >= 11 is 1.59. The fraction of sp³-hybridized carbons (Fsp3) is 0.667. The van der Waals surface area contributed by atoms with Crippen molar-refractivity contribution in [2.75, 3.05) is 32.6 Å². The first-order valence-electron chi connectivity index (χ1n) is 7.65. The van der Waals surface area contributed by atoms with Gasteiger partial charge in [0, 0.05) is 5.75 Å². The van der Waals surface area contributed by atoms with Gasteiger partial charge in [0.15, 0.2) is 11.9 Å². The van der Waals surface area contributed by atoms with Gasteiger partial charge in [-0.05, 0) is 12.8 Å². The van der Waals surface area contributed by atoms with Gasteiger partial charge in [0.25, 0.3) is 0 Å². The van der Waals surface area contributed by atoms with Crippen LogP contribution in [-0.4, -0.2) is 60.6 Å². The van der Waals surface area contributed by atoms with Crippen LogP contribution in [0.25, 0.3) is 0 Å². The maximum atomic E-state index is 12.5. The smallest absolute Gasteiger partial charge is 0.324 e. The van der Waals surface area contributed by atoms with Gasteiger partial charge >= 0.3 is 5.97 Å². The van der Waals surface area contributed by atoms with Gasteiger partial charge in [-0.15, -0.1) is 11.8 Å². The van der Waals surface area contributed by atoms with E-state index < -0.39 is 0 Å². The first-order valence-corrected chi connectivity index (χ1v) is 8.70. The maximum absolute atomic E-state index is 12.5. The minimum Gasteiger partial charge on any atom is -0.468 e. The van der Waals surface area contributed by atoms with Crippen LogP contribution in [0.1, 0.15) is 12.8 Å². The number of allylic oxidation sites excluding steroid dienone is 2. The summed E-state index contributed by atoms with van der Waals surface area (Å²) in [6, 6.07) is 0. The molecule has 6 nitrogen and oxygen atoms in total. The molecule has 4 atom stereocenters. The zero-order valence-electron chi connectivity index (χ0n) is 12.6. The van der Waals surface area contributed by atoms with Crippen LogP contribution in [0, 0.1) is 11.8 Å². The zero-order chi connectivity index (χ0) is 15.7. The van der Waals surface area contributed by atoms with Crippen molar-refractivity contribution in [3.8, 4) is 0 Å². The average molecular weight is 325 g/mol. The summed E-state index contributed by atoms with van der Waals surface area (Å²) in [6.45, 7) is 1.82. The van der Waals surface area contributed by atoms with Gasteiger partial charge in [-0.3, -0.25) is 14.4 Å². The second-order valence-corrected chi connectivity index (χ2v) is 7.32. The third-order valence-electron chi connectivity index (χ3n) is 4.69. The van der Waals surface area contributed by atoms with E-state index in [9.17, 15) is 14.4 Å². The van der Waals surface area contributed by atoms with E-state index in [4.69, 9.17) is 4.74 Å². The molecule has 22 heavy (non-hydrogen) atoms. The van der Waals surface area contributed by atoms with Crippen molar-refractivity contribution in [2.24, 2.45) is 11.8 Å². The van der Waals surface area contributed by atoms with Crippen molar-refractivity contribution in [1.29, 1.82) is 0 Å². The molecule has 0 radical (unpaired) electrons. The molecule has 2 amide bonds. The number of carbonyl (C=O) groups is 3. The molecule has 3 aliphatic rings. The number of hydrogen-bond donors (Lipinski definition) is 1.